The molecular formula is C13H15N5O2. The van der Waals surface area contributed by atoms with Gasteiger partial charge in [-0.15, -0.1) is 0 Å². The van der Waals surface area contributed by atoms with E-state index >= 15 is 0 Å². The lowest BCUT2D eigenvalue weighted by Gasteiger charge is -2.04. The van der Waals surface area contributed by atoms with Crippen LogP contribution >= 0.6 is 0 Å². The number of aromatic nitrogens is 2. The van der Waals surface area contributed by atoms with E-state index in [4.69, 9.17) is 11.5 Å². The first-order chi connectivity index (χ1) is 9.54. The van der Waals surface area contributed by atoms with E-state index in [-0.39, 0.29) is 6.54 Å². The summed E-state index contributed by atoms with van der Waals surface area (Å²) in [5.74, 6) is -0.890. The molecule has 0 aliphatic carbocycles. The van der Waals surface area contributed by atoms with Crippen LogP contribution in [0.2, 0.25) is 0 Å². The number of hydrogen-bond acceptors (Lipinski definition) is 4. The maximum atomic E-state index is 10.9. The van der Waals surface area contributed by atoms with Gasteiger partial charge in [-0.3, -0.25) is 14.3 Å². The summed E-state index contributed by atoms with van der Waals surface area (Å²) in [4.78, 5) is 21.7. The topological polar surface area (TPSA) is 116 Å². The van der Waals surface area contributed by atoms with Crippen molar-refractivity contribution >= 4 is 17.5 Å². The van der Waals surface area contributed by atoms with Crippen molar-refractivity contribution in [2.24, 2.45) is 11.5 Å². The van der Waals surface area contributed by atoms with Gasteiger partial charge >= 0.3 is 0 Å². The van der Waals surface area contributed by atoms with Gasteiger partial charge in [0.2, 0.25) is 11.8 Å². The minimum atomic E-state index is -0.447. The minimum Gasteiger partial charge on any atom is -0.378 e. The summed E-state index contributed by atoms with van der Waals surface area (Å²) in [5.41, 5.74) is 12.5. The summed E-state index contributed by atoms with van der Waals surface area (Å²) in [6.07, 6.45) is 3.31. The van der Waals surface area contributed by atoms with E-state index < -0.39 is 11.8 Å². The number of rotatable bonds is 6. The van der Waals surface area contributed by atoms with Gasteiger partial charge in [0, 0.05) is 18.3 Å². The highest BCUT2D eigenvalue weighted by Gasteiger charge is 2.02. The molecule has 5 N–H and O–H groups in total. The third-order valence-electron chi connectivity index (χ3n) is 2.69. The van der Waals surface area contributed by atoms with Crippen LogP contribution in [0, 0.1) is 0 Å². The van der Waals surface area contributed by atoms with Crippen LogP contribution in [0.1, 0.15) is 15.9 Å². The van der Waals surface area contributed by atoms with Crippen molar-refractivity contribution in [1.29, 1.82) is 0 Å². The molecule has 0 saturated carbocycles. The zero-order valence-electron chi connectivity index (χ0n) is 10.7. The van der Waals surface area contributed by atoms with Crippen molar-refractivity contribution in [3.63, 3.8) is 0 Å². The van der Waals surface area contributed by atoms with Crippen LogP contribution in [0.4, 0.5) is 5.69 Å². The number of hydrogen-bond donors (Lipinski definition) is 3. The van der Waals surface area contributed by atoms with Gasteiger partial charge in [-0.2, -0.15) is 5.10 Å². The van der Waals surface area contributed by atoms with Gasteiger partial charge in [0.05, 0.1) is 11.9 Å². The third kappa shape index (κ3) is 3.58. The first-order valence-corrected chi connectivity index (χ1v) is 5.98. The van der Waals surface area contributed by atoms with Crippen molar-refractivity contribution in [3.05, 3.63) is 47.8 Å². The summed E-state index contributed by atoms with van der Waals surface area (Å²) >= 11 is 0. The second-order valence-corrected chi connectivity index (χ2v) is 4.31. The number of amides is 2. The Morgan fingerprint density at radius 3 is 2.50 bits per heavy atom. The first kappa shape index (κ1) is 13.6. The Morgan fingerprint density at radius 1 is 1.20 bits per heavy atom. The number of carbonyl (C=O) groups is 2. The lowest BCUT2D eigenvalue weighted by atomic mass is 10.1. The van der Waals surface area contributed by atoms with E-state index in [0.29, 0.717) is 12.1 Å². The molecule has 1 aromatic heterocycles. The number of anilines is 1. The highest BCUT2D eigenvalue weighted by atomic mass is 16.1. The van der Waals surface area contributed by atoms with Crippen molar-refractivity contribution in [1.82, 2.24) is 9.78 Å². The van der Waals surface area contributed by atoms with E-state index in [2.05, 4.69) is 10.4 Å². The van der Waals surface area contributed by atoms with Gasteiger partial charge in [-0.05, 0) is 17.7 Å². The van der Waals surface area contributed by atoms with Crippen LogP contribution in [0.3, 0.4) is 0 Å². The number of nitrogens with two attached hydrogens (primary N) is 2. The first-order valence-electron chi connectivity index (χ1n) is 5.98. The van der Waals surface area contributed by atoms with Crippen LogP contribution in [-0.4, -0.2) is 21.6 Å². The van der Waals surface area contributed by atoms with Crippen LogP contribution in [0.5, 0.6) is 0 Å². The average Bonchev–Trinajstić information content (AvgIpc) is 2.83. The fourth-order valence-corrected chi connectivity index (χ4v) is 1.69. The van der Waals surface area contributed by atoms with Gasteiger partial charge < -0.3 is 16.8 Å². The molecule has 0 spiro atoms. The lowest BCUT2D eigenvalue weighted by Crippen LogP contribution is -2.18. The SMILES string of the molecule is NC(=O)Cn1cc(NCc2ccc(C(N)=O)cc2)cn1. The van der Waals surface area contributed by atoms with Gasteiger partial charge in [-0.25, -0.2) is 0 Å². The zero-order chi connectivity index (χ0) is 14.5. The van der Waals surface area contributed by atoms with Crippen LogP contribution in [-0.2, 0) is 17.9 Å². The van der Waals surface area contributed by atoms with E-state index in [1.807, 2.05) is 12.1 Å². The predicted molar refractivity (Wildman–Crippen MR) is 73.7 cm³/mol. The molecule has 2 rings (SSSR count). The second kappa shape index (κ2) is 5.87. The highest BCUT2D eigenvalue weighted by molar-refractivity contribution is 5.92. The van der Waals surface area contributed by atoms with Crippen LogP contribution < -0.4 is 16.8 Å². The average molecular weight is 273 g/mol. The summed E-state index contributed by atoms with van der Waals surface area (Å²) in [6, 6.07) is 6.99. The Hall–Kier alpha value is -2.83. The largest absolute Gasteiger partial charge is 0.378 e. The van der Waals surface area contributed by atoms with Crippen LogP contribution in [0.25, 0.3) is 0 Å². The van der Waals surface area contributed by atoms with E-state index in [1.165, 1.54) is 4.68 Å². The summed E-state index contributed by atoms with van der Waals surface area (Å²) in [6.45, 7) is 0.621. The van der Waals surface area contributed by atoms with Crippen molar-refractivity contribution in [3.8, 4) is 0 Å². The molecule has 7 nitrogen and oxygen atoms in total. The molecule has 0 aliphatic heterocycles. The Labute approximate surface area is 115 Å². The number of nitrogens with zero attached hydrogens (tertiary/aromatic N) is 2. The Bertz CT molecular complexity index is 618. The molecular weight excluding hydrogens is 258 g/mol. The molecule has 104 valence electrons. The number of carbonyl (C=O) groups excluding carboxylic acids is 2. The molecule has 0 aliphatic rings. The highest BCUT2D eigenvalue weighted by Crippen LogP contribution is 2.09. The molecule has 2 aromatic rings. The number of nitrogens with one attached hydrogen (secondary N) is 1. The molecule has 0 bridgehead atoms. The predicted octanol–water partition coefficient (Wildman–Crippen LogP) is 0.0794. The molecule has 2 amide bonds. The molecule has 0 saturated heterocycles. The molecule has 0 radical (unpaired) electrons. The molecule has 20 heavy (non-hydrogen) atoms. The number of primary amides is 2. The normalized spacial score (nSPS) is 10.2. The summed E-state index contributed by atoms with van der Waals surface area (Å²) in [7, 11) is 0. The minimum absolute atomic E-state index is 0.0506. The van der Waals surface area contributed by atoms with Gasteiger partial charge in [-0.1, -0.05) is 12.1 Å². The van der Waals surface area contributed by atoms with E-state index in [0.717, 1.165) is 11.3 Å². The summed E-state index contributed by atoms with van der Waals surface area (Å²) in [5, 5.41) is 7.15. The molecule has 0 unspecified atom stereocenters. The lowest BCUT2D eigenvalue weighted by molar-refractivity contribution is -0.118. The fourth-order valence-electron chi connectivity index (χ4n) is 1.69. The standard InChI is InChI=1S/C13H15N5O2/c14-12(19)8-18-7-11(6-17-18)16-5-9-1-3-10(4-2-9)13(15)20/h1-4,6-7,16H,5,8H2,(H2,14,19)(H2,15,20). The maximum absolute atomic E-state index is 10.9. The monoisotopic (exact) mass is 273 g/mol. The second-order valence-electron chi connectivity index (χ2n) is 4.31. The van der Waals surface area contributed by atoms with Gasteiger partial charge in [0.1, 0.15) is 6.54 Å². The molecule has 7 heteroatoms. The van der Waals surface area contributed by atoms with Gasteiger partial charge in [0.15, 0.2) is 0 Å². The molecule has 1 aromatic carbocycles. The van der Waals surface area contributed by atoms with Crippen molar-refractivity contribution in [2.45, 2.75) is 13.1 Å². The van der Waals surface area contributed by atoms with Gasteiger partial charge in [0.25, 0.3) is 0 Å². The van der Waals surface area contributed by atoms with Crippen LogP contribution in [0.15, 0.2) is 36.7 Å². The third-order valence-corrected chi connectivity index (χ3v) is 2.69. The van der Waals surface area contributed by atoms with E-state index in [1.54, 1.807) is 24.5 Å². The molecule has 0 atom stereocenters. The van der Waals surface area contributed by atoms with E-state index in [9.17, 15) is 9.59 Å². The number of benzene rings is 1. The Morgan fingerprint density at radius 2 is 1.90 bits per heavy atom. The quantitative estimate of drug-likeness (QED) is 0.691. The molecule has 1 heterocycles. The Balaban J connectivity index is 1.93. The fraction of sp³-hybridized carbons (Fsp3) is 0.154. The van der Waals surface area contributed by atoms with Crippen molar-refractivity contribution < 1.29 is 9.59 Å². The van der Waals surface area contributed by atoms with Crippen molar-refractivity contribution in [2.75, 3.05) is 5.32 Å². The smallest absolute Gasteiger partial charge is 0.248 e. The molecule has 0 fully saturated rings. The zero-order valence-corrected chi connectivity index (χ0v) is 10.7. The Kier molecular flexibility index (Phi) is 3.99. The maximum Gasteiger partial charge on any atom is 0.248 e. The summed E-state index contributed by atoms with van der Waals surface area (Å²) < 4.78 is 1.46.